The molecule has 1 nitrogen and oxygen atoms in total. The molecule has 1 fully saturated rings. The molecule has 17 heavy (non-hydrogen) atoms. The number of rotatable bonds is 6. The molecule has 1 atom stereocenters. The summed E-state index contributed by atoms with van der Waals surface area (Å²) < 4.78 is 0. The first kappa shape index (κ1) is 12.6. The van der Waals surface area contributed by atoms with E-state index >= 15 is 0 Å². The van der Waals surface area contributed by atoms with Crippen LogP contribution in [-0.4, -0.2) is 6.54 Å². The Bertz CT molecular complexity index is 324. The highest BCUT2D eigenvalue weighted by molar-refractivity contribution is 5.28. The van der Waals surface area contributed by atoms with E-state index in [1.54, 1.807) is 5.56 Å². The van der Waals surface area contributed by atoms with Crippen LogP contribution >= 0.6 is 0 Å². The maximum absolute atomic E-state index is 3.61. The second-order valence-corrected chi connectivity index (χ2v) is 5.21. The van der Waals surface area contributed by atoms with E-state index in [9.17, 15) is 0 Å². The minimum atomic E-state index is 0.533. The quantitative estimate of drug-likeness (QED) is 0.765. The number of hydrogen-bond acceptors (Lipinski definition) is 1. The van der Waals surface area contributed by atoms with Crippen LogP contribution in [0.25, 0.3) is 0 Å². The van der Waals surface area contributed by atoms with Gasteiger partial charge in [-0.05, 0) is 49.3 Å². The van der Waals surface area contributed by atoms with Gasteiger partial charge in [0.25, 0.3) is 0 Å². The van der Waals surface area contributed by atoms with Crippen molar-refractivity contribution in [2.75, 3.05) is 6.54 Å². The van der Waals surface area contributed by atoms with Crippen LogP contribution in [0.3, 0.4) is 0 Å². The third-order valence-electron chi connectivity index (χ3n) is 3.96. The van der Waals surface area contributed by atoms with Crippen molar-refractivity contribution in [3.63, 3.8) is 0 Å². The Balaban J connectivity index is 1.99. The standard InChI is InChI=1S/C16H25N/c1-3-12-17-16(4-2)15-10-8-14(9-11-15)13-6-5-7-13/h8-11,13,16-17H,3-7,12H2,1-2H3. The van der Waals surface area contributed by atoms with Crippen LogP contribution in [0.4, 0.5) is 0 Å². The highest BCUT2D eigenvalue weighted by atomic mass is 14.9. The van der Waals surface area contributed by atoms with E-state index in [0.29, 0.717) is 6.04 Å². The van der Waals surface area contributed by atoms with E-state index in [2.05, 4.69) is 43.4 Å². The van der Waals surface area contributed by atoms with Crippen LogP contribution in [0.1, 0.15) is 69.0 Å². The summed E-state index contributed by atoms with van der Waals surface area (Å²) in [7, 11) is 0. The van der Waals surface area contributed by atoms with Gasteiger partial charge in [-0.25, -0.2) is 0 Å². The molecule has 1 aromatic rings. The molecule has 0 aromatic heterocycles. The topological polar surface area (TPSA) is 12.0 Å². The van der Waals surface area contributed by atoms with Gasteiger partial charge in [-0.1, -0.05) is 44.5 Å². The third-order valence-corrected chi connectivity index (χ3v) is 3.96. The van der Waals surface area contributed by atoms with Gasteiger partial charge in [-0.15, -0.1) is 0 Å². The maximum atomic E-state index is 3.61. The minimum Gasteiger partial charge on any atom is -0.310 e. The van der Waals surface area contributed by atoms with Crippen LogP contribution < -0.4 is 5.32 Å². The van der Waals surface area contributed by atoms with Gasteiger partial charge in [-0.3, -0.25) is 0 Å². The van der Waals surface area contributed by atoms with Gasteiger partial charge in [-0.2, -0.15) is 0 Å². The van der Waals surface area contributed by atoms with Crippen molar-refractivity contribution in [2.45, 2.75) is 57.9 Å². The second-order valence-electron chi connectivity index (χ2n) is 5.21. The van der Waals surface area contributed by atoms with E-state index < -0.39 is 0 Å². The zero-order valence-corrected chi connectivity index (χ0v) is 11.2. The molecule has 1 heteroatoms. The number of benzene rings is 1. The molecule has 0 saturated heterocycles. The molecular formula is C16H25N. The van der Waals surface area contributed by atoms with Crippen molar-refractivity contribution < 1.29 is 0 Å². The van der Waals surface area contributed by atoms with Gasteiger partial charge < -0.3 is 5.32 Å². The Hall–Kier alpha value is -0.820. The molecule has 0 aliphatic heterocycles. The van der Waals surface area contributed by atoms with Gasteiger partial charge in [0.05, 0.1) is 0 Å². The molecule has 1 N–H and O–H groups in total. The summed E-state index contributed by atoms with van der Waals surface area (Å²) in [5.74, 6) is 0.854. The van der Waals surface area contributed by atoms with Crippen molar-refractivity contribution in [1.29, 1.82) is 0 Å². The summed E-state index contributed by atoms with van der Waals surface area (Å²) in [6.07, 6.45) is 6.58. The van der Waals surface area contributed by atoms with Crippen molar-refractivity contribution in [2.24, 2.45) is 0 Å². The lowest BCUT2D eigenvalue weighted by Crippen LogP contribution is -2.21. The Morgan fingerprint density at radius 1 is 1.18 bits per heavy atom. The fraction of sp³-hybridized carbons (Fsp3) is 0.625. The summed E-state index contributed by atoms with van der Waals surface area (Å²) in [6.45, 7) is 5.59. The van der Waals surface area contributed by atoms with Gasteiger partial charge in [0.1, 0.15) is 0 Å². The normalized spacial score (nSPS) is 17.8. The summed E-state index contributed by atoms with van der Waals surface area (Å²) in [6, 6.07) is 9.87. The van der Waals surface area contributed by atoms with E-state index in [0.717, 1.165) is 12.5 Å². The van der Waals surface area contributed by atoms with Crippen LogP contribution in [0.5, 0.6) is 0 Å². The van der Waals surface area contributed by atoms with Crippen molar-refractivity contribution in [3.05, 3.63) is 35.4 Å². The van der Waals surface area contributed by atoms with Crippen LogP contribution in [0, 0.1) is 0 Å². The zero-order chi connectivity index (χ0) is 12.1. The predicted octanol–water partition coefficient (Wildman–Crippen LogP) is 4.40. The predicted molar refractivity (Wildman–Crippen MR) is 74.4 cm³/mol. The number of nitrogens with one attached hydrogen (secondary N) is 1. The molecule has 0 heterocycles. The third kappa shape index (κ3) is 3.10. The molecule has 1 saturated carbocycles. The van der Waals surface area contributed by atoms with Gasteiger partial charge in [0.15, 0.2) is 0 Å². The summed E-state index contributed by atoms with van der Waals surface area (Å²) in [5, 5.41) is 3.61. The SMILES string of the molecule is CCCNC(CC)c1ccc(C2CCC2)cc1. The first-order valence-electron chi connectivity index (χ1n) is 7.18. The molecule has 0 radical (unpaired) electrons. The van der Waals surface area contributed by atoms with Gasteiger partial charge >= 0.3 is 0 Å². The Kier molecular flexibility index (Phi) is 4.61. The van der Waals surface area contributed by atoms with Crippen molar-refractivity contribution in [3.8, 4) is 0 Å². The molecule has 1 aliphatic carbocycles. The van der Waals surface area contributed by atoms with E-state index in [1.165, 1.54) is 37.7 Å². The van der Waals surface area contributed by atoms with Crippen LogP contribution in [0.15, 0.2) is 24.3 Å². The second kappa shape index (κ2) is 6.20. The summed E-state index contributed by atoms with van der Waals surface area (Å²) in [4.78, 5) is 0. The van der Waals surface area contributed by atoms with E-state index in [1.807, 2.05) is 0 Å². The maximum Gasteiger partial charge on any atom is 0.0317 e. The van der Waals surface area contributed by atoms with Crippen LogP contribution in [0.2, 0.25) is 0 Å². The molecular weight excluding hydrogens is 206 g/mol. The number of hydrogen-bond donors (Lipinski definition) is 1. The highest BCUT2D eigenvalue weighted by Crippen LogP contribution is 2.36. The summed E-state index contributed by atoms with van der Waals surface area (Å²) in [5.41, 5.74) is 2.99. The lowest BCUT2D eigenvalue weighted by Gasteiger charge is -2.26. The molecule has 0 bridgehead atoms. The molecule has 1 aromatic carbocycles. The molecule has 0 amide bonds. The first-order valence-corrected chi connectivity index (χ1v) is 7.18. The average molecular weight is 231 g/mol. The molecule has 94 valence electrons. The fourth-order valence-corrected chi connectivity index (χ4v) is 2.56. The largest absolute Gasteiger partial charge is 0.310 e. The fourth-order valence-electron chi connectivity index (χ4n) is 2.56. The average Bonchev–Trinajstić information content (AvgIpc) is 2.30. The monoisotopic (exact) mass is 231 g/mol. The zero-order valence-electron chi connectivity index (χ0n) is 11.2. The molecule has 1 unspecified atom stereocenters. The lowest BCUT2D eigenvalue weighted by atomic mass is 9.80. The summed E-state index contributed by atoms with van der Waals surface area (Å²) >= 11 is 0. The van der Waals surface area contributed by atoms with E-state index in [4.69, 9.17) is 0 Å². The van der Waals surface area contributed by atoms with Gasteiger partial charge in [0.2, 0.25) is 0 Å². The Morgan fingerprint density at radius 2 is 1.88 bits per heavy atom. The lowest BCUT2D eigenvalue weighted by molar-refractivity contribution is 0.419. The van der Waals surface area contributed by atoms with Crippen molar-refractivity contribution >= 4 is 0 Å². The van der Waals surface area contributed by atoms with Gasteiger partial charge in [0, 0.05) is 6.04 Å². The highest BCUT2D eigenvalue weighted by Gasteiger charge is 2.19. The Labute approximate surface area is 106 Å². The van der Waals surface area contributed by atoms with Crippen LogP contribution in [-0.2, 0) is 0 Å². The first-order chi connectivity index (χ1) is 8.35. The Morgan fingerprint density at radius 3 is 2.35 bits per heavy atom. The molecule has 0 spiro atoms. The molecule has 1 aliphatic rings. The van der Waals surface area contributed by atoms with E-state index in [-0.39, 0.29) is 0 Å². The minimum absolute atomic E-state index is 0.533. The smallest absolute Gasteiger partial charge is 0.0317 e. The molecule has 2 rings (SSSR count). The van der Waals surface area contributed by atoms with Crippen molar-refractivity contribution in [1.82, 2.24) is 5.32 Å².